The van der Waals surface area contributed by atoms with E-state index in [1.165, 1.54) is 15.3 Å². The summed E-state index contributed by atoms with van der Waals surface area (Å²) >= 11 is 2.16. The van der Waals surface area contributed by atoms with Gasteiger partial charge in [0.25, 0.3) is 0 Å². The van der Waals surface area contributed by atoms with Crippen LogP contribution in [0.25, 0.3) is 0 Å². The largest absolute Gasteiger partial charge is 0.271 e. The lowest BCUT2D eigenvalue weighted by atomic mass is 10.6. The predicted molar refractivity (Wildman–Crippen MR) is 68.3 cm³/mol. The van der Waals surface area contributed by atoms with Crippen LogP contribution in [0, 0.1) is 0 Å². The molecule has 0 unspecified atom stereocenters. The van der Waals surface area contributed by atoms with Gasteiger partial charge in [0.1, 0.15) is 5.84 Å². The summed E-state index contributed by atoms with van der Waals surface area (Å²) in [5, 5.41) is 0. The molecule has 0 fully saturated rings. The Balaban J connectivity index is 0. The Kier molecular flexibility index (Phi) is 13.4. The summed E-state index contributed by atoms with van der Waals surface area (Å²) in [5.41, 5.74) is 0. The maximum Gasteiger partial charge on any atom is 0.115 e. The molecule has 0 bridgehead atoms. The fourth-order valence-corrected chi connectivity index (χ4v) is 1.94. The van der Waals surface area contributed by atoms with Crippen molar-refractivity contribution in [1.82, 2.24) is 4.31 Å². The zero-order chi connectivity index (χ0) is 9.98. The molecule has 70 valence electrons. The molecular formula is C8H15IN2S. The summed E-state index contributed by atoms with van der Waals surface area (Å²) in [6.45, 7) is 13.0. The number of halogens is 1. The van der Waals surface area contributed by atoms with Gasteiger partial charge in [-0.15, -0.1) is 0 Å². The zero-order valence-electron chi connectivity index (χ0n) is 7.75. The van der Waals surface area contributed by atoms with Crippen LogP contribution in [-0.4, -0.2) is 10.1 Å². The molecular weight excluding hydrogens is 283 g/mol. The fourth-order valence-electron chi connectivity index (χ4n) is 0.399. The van der Waals surface area contributed by atoms with Crippen molar-refractivity contribution < 1.29 is 0 Å². The highest BCUT2D eigenvalue weighted by Gasteiger charge is 1.98. The first-order valence-corrected chi connectivity index (χ1v) is 6.93. The molecule has 0 heterocycles. The highest BCUT2D eigenvalue weighted by Crippen LogP contribution is 2.18. The van der Waals surface area contributed by atoms with E-state index in [-0.39, 0.29) is 0 Å². The van der Waals surface area contributed by atoms with Crippen molar-refractivity contribution in [2.45, 2.75) is 20.8 Å². The third-order valence-electron chi connectivity index (χ3n) is 0.837. The first-order chi connectivity index (χ1) is 5.76. The van der Waals surface area contributed by atoms with Crippen LogP contribution in [-0.2, 0) is 0 Å². The molecule has 0 aromatic carbocycles. The third-order valence-corrected chi connectivity index (χ3v) is 2.67. The van der Waals surface area contributed by atoms with Crippen LogP contribution < -0.4 is 0 Å². The highest BCUT2D eigenvalue weighted by atomic mass is 127. The average molecular weight is 298 g/mol. The van der Waals surface area contributed by atoms with Crippen molar-refractivity contribution in [1.29, 1.82) is 0 Å². The van der Waals surface area contributed by atoms with Gasteiger partial charge in [-0.05, 0) is 6.92 Å². The van der Waals surface area contributed by atoms with Gasteiger partial charge in [0.2, 0.25) is 0 Å². The molecule has 0 saturated carbocycles. The summed E-state index contributed by atoms with van der Waals surface area (Å²) < 4.78 is 1.85. The lowest BCUT2D eigenvalue weighted by molar-refractivity contribution is 0.933. The Labute approximate surface area is 91.5 Å². The van der Waals surface area contributed by atoms with Crippen molar-refractivity contribution in [2.24, 2.45) is 4.99 Å². The van der Waals surface area contributed by atoms with Crippen LogP contribution in [0.5, 0.6) is 0 Å². The number of rotatable bonds is 3. The second-order valence-electron chi connectivity index (χ2n) is 1.44. The standard InChI is InChI=1S/C6H9IN2S.C2H6/c1-4-8-6(3)9(5-2)10-7;1-2/h4-5H,1-2H2,3H3;1-2H3. The average Bonchev–Trinajstić information content (AvgIpc) is 2.11. The molecule has 2 nitrogen and oxygen atoms in total. The van der Waals surface area contributed by atoms with E-state index < -0.39 is 0 Å². The van der Waals surface area contributed by atoms with Gasteiger partial charge in [0.15, 0.2) is 0 Å². The van der Waals surface area contributed by atoms with E-state index in [9.17, 15) is 0 Å². The van der Waals surface area contributed by atoms with Crippen molar-refractivity contribution in [3.05, 3.63) is 25.6 Å². The number of hydrogen-bond acceptors (Lipinski definition) is 2. The first kappa shape index (κ1) is 14.5. The second kappa shape index (κ2) is 11.0. The lowest BCUT2D eigenvalue weighted by Crippen LogP contribution is -2.11. The van der Waals surface area contributed by atoms with Crippen LogP contribution in [0.1, 0.15) is 20.8 Å². The number of nitrogens with zero attached hydrogens (tertiary/aromatic N) is 2. The Bertz CT molecular complexity index is 157. The number of aliphatic imine (C=N–C) groups is 1. The van der Waals surface area contributed by atoms with Gasteiger partial charge in [-0.2, -0.15) is 0 Å². The van der Waals surface area contributed by atoms with Gasteiger partial charge >= 0.3 is 0 Å². The summed E-state index contributed by atoms with van der Waals surface area (Å²) in [6, 6.07) is 0. The molecule has 0 atom stereocenters. The Morgan fingerprint density at radius 2 is 2.00 bits per heavy atom. The molecule has 4 heteroatoms. The van der Waals surface area contributed by atoms with Crippen LogP contribution in [0.15, 0.2) is 30.6 Å². The Hall–Kier alpha value is 0.0300. The van der Waals surface area contributed by atoms with Crippen LogP contribution >= 0.6 is 30.3 Å². The first-order valence-electron chi connectivity index (χ1n) is 3.62. The Morgan fingerprint density at radius 3 is 2.25 bits per heavy atom. The molecule has 0 saturated heterocycles. The topological polar surface area (TPSA) is 15.6 Å². The fraction of sp³-hybridized carbons (Fsp3) is 0.375. The quantitative estimate of drug-likeness (QED) is 0.338. The zero-order valence-corrected chi connectivity index (χ0v) is 10.7. The van der Waals surface area contributed by atoms with Crippen LogP contribution in [0.3, 0.4) is 0 Å². The van der Waals surface area contributed by atoms with Crippen molar-refractivity contribution >= 4 is 36.2 Å². The molecule has 0 aliphatic rings. The van der Waals surface area contributed by atoms with Gasteiger partial charge in [-0.1, -0.05) is 27.0 Å². The monoisotopic (exact) mass is 298 g/mol. The van der Waals surface area contributed by atoms with E-state index in [1.807, 2.05) is 25.1 Å². The molecule has 0 aliphatic heterocycles. The number of amidine groups is 1. The SMILES string of the molecule is C=CN=C(C)N(C=C)SI.CC. The maximum absolute atomic E-state index is 3.98. The van der Waals surface area contributed by atoms with E-state index >= 15 is 0 Å². The van der Waals surface area contributed by atoms with E-state index in [0.29, 0.717) is 0 Å². The molecule has 0 aromatic rings. The molecule has 0 spiro atoms. The van der Waals surface area contributed by atoms with Gasteiger partial charge in [-0.3, -0.25) is 4.31 Å². The summed E-state index contributed by atoms with van der Waals surface area (Å²) in [5.74, 6) is 0.879. The van der Waals surface area contributed by atoms with Gasteiger partial charge in [0, 0.05) is 42.7 Å². The van der Waals surface area contributed by atoms with Gasteiger partial charge in [-0.25, -0.2) is 4.99 Å². The minimum atomic E-state index is 0.879. The van der Waals surface area contributed by atoms with E-state index in [4.69, 9.17) is 0 Å². The predicted octanol–water partition coefficient (Wildman–Crippen LogP) is 4.02. The molecule has 0 aromatic heterocycles. The van der Waals surface area contributed by atoms with Gasteiger partial charge in [0.05, 0.1) is 0 Å². The minimum absolute atomic E-state index is 0.879. The van der Waals surface area contributed by atoms with E-state index in [2.05, 4.69) is 39.4 Å². The minimum Gasteiger partial charge on any atom is -0.271 e. The third kappa shape index (κ3) is 6.72. The second-order valence-corrected chi connectivity index (χ2v) is 3.15. The summed E-state index contributed by atoms with van der Waals surface area (Å²) in [7, 11) is 1.52. The summed E-state index contributed by atoms with van der Waals surface area (Å²) in [6.07, 6.45) is 3.22. The van der Waals surface area contributed by atoms with E-state index in [1.54, 1.807) is 6.20 Å². The molecule has 12 heavy (non-hydrogen) atoms. The highest BCUT2D eigenvalue weighted by molar-refractivity contribution is 14.2. The van der Waals surface area contributed by atoms with Crippen molar-refractivity contribution in [2.75, 3.05) is 0 Å². The molecule has 0 N–H and O–H groups in total. The maximum atomic E-state index is 3.98. The molecule has 0 radical (unpaired) electrons. The van der Waals surface area contributed by atoms with Crippen LogP contribution in [0.4, 0.5) is 0 Å². The lowest BCUT2D eigenvalue weighted by Gasteiger charge is -2.12. The molecule has 0 amide bonds. The molecule has 0 aliphatic carbocycles. The molecule has 0 rings (SSSR count). The van der Waals surface area contributed by atoms with E-state index in [0.717, 1.165) is 5.84 Å². The van der Waals surface area contributed by atoms with Gasteiger partial charge < -0.3 is 0 Å². The normalized spacial score (nSPS) is 9.50. The van der Waals surface area contributed by atoms with Crippen molar-refractivity contribution in [3.63, 3.8) is 0 Å². The van der Waals surface area contributed by atoms with Crippen molar-refractivity contribution in [3.8, 4) is 0 Å². The smallest absolute Gasteiger partial charge is 0.115 e. The summed E-state index contributed by atoms with van der Waals surface area (Å²) in [4.78, 5) is 3.98. The van der Waals surface area contributed by atoms with Crippen LogP contribution in [0.2, 0.25) is 0 Å². The Morgan fingerprint density at radius 1 is 1.50 bits per heavy atom. The number of hydrogen-bond donors (Lipinski definition) is 0.